The first kappa shape index (κ1) is 18.5. The van der Waals surface area contributed by atoms with Crippen LogP contribution in [0.5, 0.6) is 0 Å². The van der Waals surface area contributed by atoms with Crippen LogP contribution in [0.4, 0.5) is 17.1 Å². The number of carbonyl (C=O) groups excluding carboxylic acids is 3. The lowest BCUT2D eigenvalue weighted by Gasteiger charge is -2.33. The summed E-state index contributed by atoms with van der Waals surface area (Å²) in [5.41, 5.74) is 2.36. The molecule has 2 aliphatic rings. The Bertz CT molecular complexity index is 1040. The van der Waals surface area contributed by atoms with E-state index in [2.05, 4.69) is 10.6 Å². The lowest BCUT2D eigenvalue weighted by Crippen LogP contribution is -2.43. The number of para-hydroxylation sites is 1. The van der Waals surface area contributed by atoms with Gasteiger partial charge in [-0.3, -0.25) is 9.59 Å². The fourth-order valence-corrected chi connectivity index (χ4v) is 3.65. The summed E-state index contributed by atoms with van der Waals surface area (Å²) < 4.78 is 5.08. The van der Waals surface area contributed by atoms with Crippen LogP contribution in [0.1, 0.15) is 28.8 Å². The number of ether oxygens (including phenoxy) is 1. The minimum Gasteiger partial charge on any atom is -0.452 e. The molecule has 1 saturated heterocycles. The Balaban J connectivity index is 1.40. The van der Waals surface area contributed by atoms with Crippen molar-refractivity contribution in [2.45, 2.75) is 18.9 Å². The van der Waals surface area contributed by atoms with Crippen molar-refractivity contribution in [1.29, 1.82) is 5.26 Å². The molecule has 0 unspecified atom stereocenters. The van der Waals surface area contributed by atoms with Gasteiger partial charge in [0.1, 0.15) is 12.1 Å². The molecule has 8 heteroatoms. The zero-order valence-corrected chi connectivity index (χ0v) is 15.5. The number of anilines is 3. The van der Waals surface area contributed by atoms with E-state index >= 15 is 0 Å². The number of amides is 2. The normalized spacial score (nSPS) is 16.9. The second-order valence-electron chi connectivity index (χ2n) is 6.85. The summed E-state index contributed by atoms with van der Waals surface area (Å²) in [6.07, 6.45) is 1.77. The van der Waals surface area contributed by atoms with Crippen LogP contribution in [-0.2, 0) is 14.3 Å². The SMILES string of the molecule is N#Cc1ccccc1NC(=O)COC(=O)c1ccc2c(c1)NC(=O)[C@@H]1CCCN21. The molecule has 0 spiro atoms. The van der Waals surface area contributed by atoms with Gasteiger partial charge in [0.25, 0.3) is 5.91 Å². The molecule has 1 fully saturated rings. The Hall–Kier alpha value is -3.86. The van der Waals surface area contributed by atoms with E-state index in [1.165, 1.54) is 0 Å². The van der Waals surface area contributed by atoms with Crippen molar-refractivity contribution in [3.05, 3.63) is 53.6 Å². The maximum absolute atomic E-state index is 12.3. The summed E-state index contributed by atoms with van der Waals surface area (Å²) in [4.78, 5) is 38.7. The summed E-state index contributed by atoms with van der Waals surface area (Å²) in [6, 6.07) is 13.3. The third-order valence-electron chi connectivity index (χ3n) is 5.01. The Morgan fingerprint density at radius 3 is 2.93 bits per heavy atom. The molecule has 2 aromatic carbocycles. The number of nitrogens with one attached hydrogen (secondary N) is 2. The molecule has 2 aliphatic heterocycles. The highest BCUT2D eigenvalue weighted by molar-refractivity contribution is 6.05. The number of rotatable bonds is 4. The molecule has 0 aromatic heterocycles. The molecule has 146 valence electrons. The van der Waals surface area contributed by atoms with E-state index in [0.29, 0.717) is 16.9 Å². The number of carbonyl (C=O) groups is 3. The van der Waals surface area contributed by atoms with Gasteiger partial charge in [0.05, 0.1) is 28.2 Å². The summed E-state index contributed by atoms with van der Waals surface area (Å²) in [5.74, 6) is -1.29. The number of fused-ring (bicyclic) bond motifs is 3. The second-order valence-corrected chi connectivity index (χ2v) is 6.85. The molecule has 1 atom stereocenters. The quantitative estimate of drug-likeness (QED) is 0.775. The fourth-order valence-electron chi connectivity index (χ4n) is 3.65. The lowest BCUT2D eigenvalue weighted by atomic mass is 10.1. The minimum atomic E-state index is -0.672. The van der Waals surface area contributed by atoms with Gasteiger partial charge in [-0.2, -0.15) is 5.26 Å². The first-order valence-corrected chi connectivity index (χ1v) is 9.24. The van der Waals surface area contributed by atoms with Crippen LogP contribution in [0.2, 0.25) is 0 Å². The Morgan fingerprint density at radius 1 is 1.28 bits per heavy atom. The van der Waals surface area contributed by atoms with Gasteiger partial charge in [-0.15, -0.1) is 0 Å². The van der Waals surface area contributed by atoms with Crippen molar-refractivity contribution < 1.29 is 19.1 Å². The fraction of sp³-hybridized carbons (Fsp3) is 0.238. The maximum Gasteiger partial charge on any atom is 0.338 e. The zero-order chi connectivity index (χ0) is 20.4. The van der Waals surface area contributed by atoms with Crippen LogP contribution in [0.15, 0.2) is 42.5 Å². The maximum atomic E-state index is 12.3. The minimum absolute atomic E-state index is 0.0731. The van der Waals surface area contributed by atoms with Gasteiger partial charge in [-0.05, 0) is 43.2 Å². The Kier molecular flexibility index (Phi) is 4.87. The predicted octanol–water partition coefficient (Wildman–Crippen LogP) is 2.27. The molecule has 2 amide bonds. The van der Waals surface area contributed by atoms with Crippen molar-refractivity contribution in [2.24, 2.45) is 0 Å². The van der Waals surface area contributed by atoms with Gasteiger partial charge < -0.3 is 20.3 Å². The highest BCUT2D eigenvalue weighted by Gasteiger charge is 2.36. The highest BCUT2D eigenvalue weighted by Crippen LogP contribution is 2.37. The Labute approximate surface area is 167 Å². The third-order valence-corrected chi connectivity index (χ3v) is 5.01. The van der Waals surface area contributed by atoms with Crippen molar-refractivity contribution in [2.75, 3.05) is 28.7 Å². The molecule has 2 aromatic rings. The monoisotopic (exact) mass is 390 g/mol. The molecule has 2 heterocycles. The smallest absolute Gasteiger partial charge is 0.338 e. The van der Waals surface area contributed by atoms with Crippen LogP contribution in [0.3, 0.4) is 0 Å². The van der Waals surface area contributed by atoms with Crippen LogP contribution >= 0.6 is 0 Å². The van der Waals surface area contributed by atoms with Gasteiger partial charge >= 0.3 is 5.97 Å². The first-order chi connectivity index (χ1) is 14.1. The van der Waals surface area contributed by atoms with Gasteiger partial charge in [0.15, 0.2) is 6.61 Å². The number of hydrogen-bond donors (Lipinski definition) is 2. The largest absolute Gasteiger partial charge is 0.452 e. The molecular weight excluding hydrogens is 372 g/mol. The number of nitriles is 1. The standard InChI is InChI=1S/C21H18N4O4/c22-11-14-4-1-2-5-15(14)23-19(26)12-29-21(28)13-7-8-17-16(10-13)24-20(27)18-6-3-9-25(17)18/h1-2,4-5,7-8,10,18H,3,6,9,12H2,(H,23,26)(H,24,27)/t18-/m0/s1. The van der Waals surface area contributed by atoms with Crippen molar-refractivity contribution in [3.63, 3.8) is 0 Å². The molecular formula is C21H18N4O4. The summed E-state index contributed by atoms with van der Waals surface area (Å²) in [5, 5.41) is 14.4. The molecule has 2 N–H and O–H groups in total. The molecule has 0 radical (unpaired) electrons. The highest BCUT2D eigenvalue weighted by atomic mass is 16.5. The average Bonchev–Trinajstić information content (AvgIpc) is 3.23. The Morgan fingerprint density at radius 2 is 2.10 bits per heavy atom. The number of benzene rings is 2. The van der Waals surface area contributed by atoms with Crippen LogP contribution in [0, 0.1) is 11.3 Å². The lowest BCUT2D eigenvalue weighted by molar-refractivity contribution is -0.119. The summed E-state index contributed by atoms with van der Waals surface area (Å²) >= 11 is 0. The zero-order valence-electron chi connectivity index (χ0n) is 15.5. The van der Waals surface area contributed by atoms with Gasteiger partial charge in [-0.25, -0.2) is 4.79 Å². The topological polar surface area (TPSA) is 112 Å². The third kappa shape index (κ3) is 3.62. The molecule has 29 heavy (non-hydrogen) atoms. The van der Waals surface area contributed by atoms with Crippen LogP contribution < -0.4 is 15.5 Å². The van der Waals surface area contributed by atoms with Crippen LogP contribution in [-0.4, -0.2) is 37.0 Å². The van der Waals surface area contributed by atoms with Crippen molar-refractivity contribution in [3.8, 4) is 6.07 Å². The summed E-state index contributed by atoms with van der Waals surface area (Å²) in [7, 11) is 0. The number of hydrogen-bond acceptors (Lipinski definition) is 6. The molecule has 4 rings (SSSR count). The summed E-state index contributed by atoms with van der Waals surface area (Å²) in [6.45, 7) is 0.315. The van der Waals surface area contributed by atoms with E-state index in [-0.39, 0.29) is 17.5 Å². The van der Waals surface area contributed by atoms with E-state index in [0.717, 1.165) is 25.1 Å². The van der Waals surface area contributed by atoms with E-state index < -0.39 is 18.5 Å². The average molecular weight is 390 g/mol. The molecule has 0 aliphatic carbocycles. The molecule has 8 nitrogen and oxygen atoms in total. The van der Waals surface area contributed by atoms with Crippen LogP contribution in [0.25, 0.3) is 0 Å². The van der Waals surface area contributed by atoms with Gasteiger partial charge in [-0.1, -0.05) is 12.1 Å². The van der Waals surface area contributed by atoms with E-state index in [1.807, 2.05) is 11.0 Å². The molecule has 0 saturated carbocycles. The number of esters is 1. The van der Waals surface area contributed by atoms with Gasteiger partial charge in [0.2, 0.25) is 5.91 Å². The van der Waals surface area contributed by atoms with E-state index in [4.69, 9.17) is 10.00 Å². The van der Waals surface area contributed by atoms with E-state index in [9.17, 15) is 14.4 Å². The number of nitrogens with zero attached hydrogens (tertiary/aromatic N) is 2. The predicted molar refractivity (Wildman–Crippen MR) is 106 cm³/mol. The second kappa shape index (κ2) is 7.64. The first-order valence-electron chi connectivity index (χ1n) is 9.24. The molecule has 0 bridgehead atoms. The van der Waals surface area contributed by atoms with Gasteiger partial charge in [0, 0.05) is 6.54 Å². The van der Waals surface area contributed by atoms with Crippen molar-refractivity contribution >= 4 is 34.8 Å². The van der Waals surface area contributed by atoms with E-state index in [1.54, 1.807) is 42.5 Å². The van der Waals surface area contributed by atoms with Crippen molar-refractivity contribution in [1.82, 2.24) is 0 Å².